The predicted octanol–water partition coefficient (Wildman–Crippen LogP) is 8.57. The van der Waals surface area contributed by atoms with Crippen LogP contribution < -0.4 is 0 Å². The summed E-state index contributed by atoms with van der Waals surface area (Å²) in [4.78, 5) is 4.90. The molecule has 1 aliphatic rings. The molecule has 1 nitrogen and oxygen atoms in total. The van der Waals surface area contributed by atoms with Crippen LogP contribution in [-0.4, -0.2) is 4.98 Å². The Balaban J connectivity index is 1.72. The fraction of sp³-hybridized carbons (Fsp3) is 0.208. The molecule has 0 aliphatic heterocycles. The highest BCUT2D eigenvalue weighted by molar-refractivity contribution is 9.10. The molecule has 1 aliphatic carbocycles. The molecule has 140 valence electrons. The summed E-state index contributed by atoms with van der Waals surface area (Å²) < 4.78 is 3.47. The standard InChI is InChI=1S/C24H19Br2NS/c1-3-24(4-2)19-11-14(23-27-21-10-7-16(26)13-22(21)28-23)5-8-17(19)18-9-6-15(25)12-20(18)24/h5-13H,3-4H2,1-2H3. The second-order valence-corrected chi connectivity index (χ2v) is 10.2. The van der Waals surface area contributed by atoms with Crippen molar-refractivity contribution in [2.24, 2.45) is 0 Å². The average molecular weight is 513 g/mol. The Labute approximate surface area is 186 Å². The molecule has 0 spiro atoms. The molecule has 0 amide bonds. The van der Waals surface area contributed by atoms with Crippen LogP contribution in [0.4, 0.5) is 0 Å². The van der Waals surface area contributed by atoms with Crippen molar-refractivity contribution in [1.82, 2.24) is 4.98 Å². The molecule has 0 saturated carbocycles. The van der Waals surface area contributed by atoms with E-state index in [4.69, 9.17) is 4.98 Å². The Morgan fingerprint density at radius 1 is 0.821 bits per heavy atom. The number of aromatic nitrogens is 1. The zero-order chi connectivity index (χ0) is 19.5. The van der Waals surface area contributed by atoms with Crippen LogP contribution in [0.25, 0.3) is 31.9 Å². The number of fused-ring (bicyclic) bond motifs is 4. The van der Waals surface area contributed by atoms with E-state index in [2.05, 4.69) is 100 Å². The molecule has 4 heteroatoms. The summed E-state index contributed by atoms with van der Waals surface area (Å²) in [6.45, 7) is 4.62. The van der Waals surface area contributed by atoms with E-state index in [9.17, 15) is 0 Å². The monoisotopic (exact) mass is 511 g/mol. The maximum absolute atomic E-state index is 4.90. The first-order valence-electron chi connectivity index (χ1n) is 9.57. The Bertz CT molecular complexity index is 1220. The highest BCUT2D eigenvalue weighted by Crippen LogP contribution is 2.54. The van der Waals surface area contributed by atoms with Crippen molar-refractivity contribution in [3.8, 4) is 21.7 Å². The molecular formula is C24H19Br2NS. The fourth-order valence-electron chi connectivity index (χ4n) is 4.63. The van der Waals surface area contributed by atoms with Crippen molar-refractivity contribution >= 4 is 53.4 Å². The van der Waals surface area contributed by atoms with Crippen LogP contribution >= 0.6 is 43.2 Å². The van der Waals surface area contributed by atoms with Crippen LogP contribution in [0.15, 0.2) is 63.5 Å². The van der Waals surface area contributed by atoms with Gasteiger partial charge in [-0.05, 0) is 71.5 Å². The van der Waals surface area contributed by atoms with Gasteiger partial charge in [0.1, 0.15) is 5.01 Å². The van der Waals surface area contributed by atoms with Gasteiger partial charge in [0, 0.05) is 19.9 Å². The molecule has 0 unspecified atom stereocenters. The summed E-state index contributed by atoms with van der Waals surface area (Å²) in [6.07, 6.45) is 2.19. The number of hydrogen-bond donors (Lipinski definition) is 0. The van der Waals surface area contributed by atoms with Gasteiger partial charge < -0.3 is 0 Å². The molecule has 0 N–H and O–H groups in total. The zero-order valence-corrected chi connectivity index (χ0v) is 19.7. The van der Waals surface area contributed by atoms with Crippen molar-refractivity contribution in [2.75, 3.05) is 0 Å². The van der Waals surface area contributed by atoms with Crippen LogP contribution in [0.2, 0.25) is 0 Å². The van der Waals surface area contributed by atoms with Crippen LogP contribution in [-0.2, 0) is 5.41 Å². The smallest absolute Gasteiger partial charge is 0.124 e. The Morgan fingerprint density at radius 3 is 2.21 bits per heavy atom. The third-order valence-electron chi connectivity index (χ3n) is 6.13. The maximum atomic E-state index is 4.90. The van der Waals surface area contributed by atoms with E-state index in [-0.39, 0.29) is 5.41 Å². The lowest BCUT2D eigenvalue weighted by molar-refractivity contribution is 0.490. The van der Waals surface area contributed by atoms with Crippen LogP contribution in [0.5, 0.6) is 0 Å². The first-order valence-corrected chi connectivity index (χ1v) is 12.0. The van der Waals surface area contributed by atoms with E-state index < -0.39 is 0 Å². The number of hydrogen-bond acceptors (Lipinski definition) is 2. The highest BCUT2D eigenvalue weighted by atomic mass is 79.9. The van der Waals surface area contributed by atoms with Crippen molar-refractivity contribution in [2.45, 2.75) is 32.1 Å². The third kappa shape index (κ3) is 2.65. The molecule has 1 heterocycles. The van der Waals surface area contributed by atoms with Crippen molar-refractivity contribution in [3.05, 3.63) is 74.7 Å². The first-order chi connectivity index (χ1) is 13.6. The average Bonchev–Trinajstić information content (AvgIpc) is 3.24. The maximum Gasteiger partial charge on any atom is 0.124 e. The van der Waals surface area contributed by atoms with Gasteiger partial charge in [-0.15, -0.1) is 11.3 Å². The van der Waals surface area contributed by atoms with Crippen LogP contribution in [0.1, 0.15) is 37.8 Å². The first kappa shape index (κ1) is 18.5. The molecule has 0 atom stereocenters. The number of nitrogens with zero attached hydrogens (tertiary/aromatic N) is 1. The molecular weight excluding hydrogens is 494 g/mol. The minimum Gasteiger partial charge on any atom is -0.236 e. The molecule has 0 fully saturated rings. The molecule has 1 aromatic heterocycles. The molecule has 0 bridgehead atoms. The van der Waals surface area contributed by atoms with Gasteiger partial charge >= 0.3 is 0 Å². The third-order valence-corrected chi connectivity index (χ3v) is 8.18. The fourth-order valence-corrected chi connectivity index (χ4v) is 6.51. The van der Waals surface area contributed by atoms with E-state index in [0.717, 1.165) is 32.3 Å². The zero-order valence-electron chi connectivity index (χ0n) is 15.7. The summed E-state index contributed by atoms with van der Waals surface area (Å²) in [7, 11) is 0. The highest BCUT2D eigenvalue weighted by Gasteiger charge is 2.40. The molecule has 0 saturated heterocycles. The van der Waals surface area contributed by atoms with E-state index in [1.165, 1.54) is 32.5 Å². The van der Waals surface area contributed by atoms with Gasteiger partial charge in [-0.1, -0.05) is 63.9 Å². The number of thiazole rings is 1. The van der Waals surface area contributed by atoms with Crippen LogP contribution in [0, 0.1) is 0 Å². The van der Waals surface area contributed by atoms with E-state index >= 15 is 0 Å². The van der Waals surface area contributed by atoms with E-state index in [1.807, 2.05) is 0 Å². The topological polar surface area (TPSA) is 12.9 Å². The molecule has 0 radical (unpaired) electrons. The Morgan fingerprint density at radius 2 is 1.46 bits per heavy atom. The van der Waals surface area contributed by atoms with E-state index in [0.29, 0.717) is 0 Å². The Kier molecular flexibility index (Phi) is 4.49. The van der Waals surface area contributed by atoms with Gasteiger partial charge in [-0.2, -0.15) is 0 Å². The van der Waals surface area contributed by atoms with Gasteiger partial charge in [0.25, 0.3) is 0 Å². The normalized spacial score (nSPS) is 14.3. The minimum atomic E-state index is 0.0736. The van der Waals surface area contributed by atoms with Gasteiger partial charge in [-0.3, -0.25) is 0 Å². The van der Waals surface area contributed by atoms with Crippen molar-refractivity contribution in [3.63, 3.8) is 0 Å². The lowest BCUT2D eigenvalue weighted by Crippen LogP contribution is -2.23. The lowest BCUT2D eigenvalue weighted by Gasteiger charge is -2.30. The number of rotatable bonds is 3. The minimum absolute atomic E-state index is 0.0736. The molecule has 5 rings (SSSR count). The predicted molar refractivity (Wildman–Crippen MR) is 127 cm³/mol. The summed E-state index contributed by atoms with van der Waals surface area (Å²) in [5.74, 6) is 0. The molecule has 28 heavy (non-hydrogen) atoms. The van der Waals surface area contributed by atoms with E-state index in [1.54, 1.807) is 11.3 Å². The summed E-state index contributed by atoms with van der Waals surface area (Å²) >= 11 is 9.02. The SMILES string of the molecule is CCC1(CC)c2cc(Br)ccc2-c2ccc(-c3nc4ccc(Br)cc4s3)cc21. The molecule has 3 aromatic carbocycles. The number of benzene rings is 3. The molecule has 4 aromatic rings. The second kappa shape index (κ2) is 6.79. The van der Waals surface area contributed by atoms with Gasteiger partial charge in [-0.25, -0.2) is 4.98 Å². The summed E-state index contributed by atoms with van der Waals surface area (Å²) in [5, 5.41) is 1.09. The van der Waals surface area contributed by atoms with Crippen LogP contribution in [0.3, 0.4) is 0 Å². The second-order valence-electron chi connectivity index (χ2n) is 7.37. The van der Waals surface area contributed by atoms with Gasteiger partial charge in [0.05, 0.1) is 10.2 Å². The summed E-state index contributed by atoms with van der Waals surface area (Å²) in [6, 6.07) is 20.0. The van der Waals surface area contributed by atoms with Crippen molar-refractivity contribution < 1.29 is 0 Å². The van der Waals surface area contributed by atoms with Gasteiger partial charge in [0.15, 0.2) is 0 Å². The Hall–Kier alpha value is -1.49. The van der Waals surface area contributed by atoms with Gasteiger partial charge in [0.2, 0.25) is 0 Å². The largest absolute Gasteiger partial charge is 0.236 e. The summed E-state index contributed by atoms with van der Waals surface area (Å²) in [5.41, 5.74) is 8.00. The van der Waals surface area contributed by atoms with Crippen molar-refractivity contribution in [1.29, 1.82) is 0 Å². The number of halogens is 2. The lowest BCUT2D eigenvalue weighted by atomic mass is 9.73. The quantitative estimate of drug-likeness (QED) is 0.268.